The standard InChI is InChI=1S/C21H21N3O3/c1-22(2)16-4-6-17(7-5-16)23(19-12-14-21(27-3)15-13-19)18-8-10-20(11-9-18)24(25)26/h4-15H,1-3H3. The van der Waals surface area contributed by atoms with E-state index in [1.54, 1.807) is 19.2 Å². The Morgan fingerprint density at radius 3 is 1.56 bits per heavy atom. The third-order valence-corrected chi connectivity index (χ3v) is 4.27. The molecule has 0 N–H and O–H groups in total. The molecule has 0 aliphatic carbocycles. The fourth-order valence-electron chi connectivity index (χ4n) is 2.80. The number of nitrogens with zero attached hydrogens (tertiary/aromatic N) is 3. The van der Waals surface area contributed by atoms with E-state index in [9.17, 15) is 10.1 Å². The number of rotatable bonds is 6. The molecule has 0 heterocycles. The lowest BCUT2D eigenvalue weighted by molar-refractivity contribution is -0.384. The SMILES string of the molecule is COc1ccc(N(c2ccc(N(C)C)cc2)c2ccc([N+](=O)[O-])cc2)cc1. The van der Waals surface area contributed by atoms with E-state index in [2.05, 4.69) is 0 Å². The van der Waals surface area contributed by atoms with Crippen LogP contribution in [0, 0.1) is 10.1 Å². The number of benzene rings is 3. The van der Waals surface area contributed by atoms with Gasteiger partial charge in [0.05, 0.1) is 12.0 Å². The van der Waals surface area contributed by atoms with E-state index in [0.29, 0.717) is 0 Å². The molecule has 0 aromatic heterocycles. The van der Waals surface area contributed by atoms with Crippen LogP contribution >= 0.6 is 0 Å². The van der Waals surface area contributed by atoms with Gasteiger partial charge in [-0.1, -0.05) is 0 Å². The Hall–Kier alpha value is -3.54. The number of hydrogen-bond donors (Lipinski definition) is 0. The number of hydrogen-bond acceptors (Lipinski definition) is 5. The topological polar surface area (TPSA) is 58.8 Å². The van der Waals surface area contributed by atoms with Gasteiger partial charge >= 0.3 is 0 Å². The first-order valence-electron chi connectivity index (χ1n) is 8.45. The molecule has 0 aliphatic heterocycles. The number of ether oxygens (including phenoxy) is 1. The van der Waals surface area contributed by atoms with Crippen LogP contribution in [0.25, 0.3) is 0 Å². The summed E-state index contributed by atoms with van der Waals surface area (Å²) in [6.07, 6.45) is 0. The predicted molar refractivity (Wildman–Crippen MR) is 109 cm³/mol. The van der Waals surface area contributed by atoms with Gasteiger partial charge in [0.1, 0.15) is 5.75 Å². The first-order chi connectivity index (χ1) is 13.0. The monoisotopic (exact) mass is 363 g/mol. The van der Waals surface area contributed by atoms with Gasteiger partial charge in [0, 0.05) is 49.0 Å². The molecule has 27 heavy (non-hydrogen) atoms. The van der Waals surface area contributed by atoms with Crippen molar-refractivity contribution in [3.8, 4) is 5.75 Å². The molecule has 3 aromatic rings. The maximum absolute atomic E-state index is 11.0. The van der Waals surface area contributed by atoms with Crippen molar-refractivity contribution in [1.29, 1.82) is 0 Å². The van der Waals surface area contributed by atoms with Crippen LogP contribution in [0.4, 0.5) is 28.4 Å². The van der Waals surface area contributed by atoms with Gasteiger partial charge in [0.2, 0.25) is 0 Å². The van der Waals surface area contributed by atoms with Crippen molar-refractivity contribution >= 4 is 28.4 Å². The minimum atomic E-state index is -0.395. The van der Waals surface area contributed by atoms with Gasteiger partial charge in [-0.3, -0.25) is 10.1 Å². The lowest BCUT2D eigenvalue weighted by Crippen LogP contribution is -2.11. The Morgan fingerprint density at radius 2 is 1.15 bits per heavy atom. The van der Waals surface area contributed by atoms with Gasteiger partial charge in [-0.15, -0.1) is 0 Å². The summed E-state index contributed by atoms with van der Waals surface area (Å²) in [6.45, 7) is 0. The highest BCUT2D eigenvalue weighted by Crippen LogP contribution is 2.36. The third kappa shape index (κ3) is 4.00. The Bertz CT molecular complexity index is 905. The van der Waals surface area contributed by atoms with Crippen LogP contribution in [0.3, 0.4) is 0 Å². The van der Waals surface area contributed by atoms with Crippen molar-refractivity contribution in [3.63, 3.8) is 0 Å². The molecular weight excluding hydrogens is 342 g/mol. The zero-order valence-corrected chi connectivity index (χ0v) is 15.5. The Morgan fingerprint density at radius 1 is 0.741 bits per heavy atom. The molecule has 0 saturated carbocycles. The lowest BCUT2D eigenvalue weighted by Gasteiger charge is -2.26. The van der Waals surface area contributed by atoms with Gasteiger partial charge < -0.3 is 14.5 Å². The fourth-order valence-corrected chi connectivity index (χ4v) is 2.80. The van der Waals surface area contributed by atoms with E-state index < -0.39 is 4.92 Å². The van der Waals surface area contributed by atoms with Gasteiger partial charge in [0.15, 0.2) is 0 Å². The first-order valence-corrected chi connectivity index (χ1v) is 8.45. The zero-order chi connectivity index (χ0) is 19.4. The highest BCUT2D eigenvalue weighted by molar-refractivity contribution is 5.78. The average molecular weight is 363 g/mol. The van der Waals surface area contributed by atoms with Crippen LogP contribution in [-0.4, -0.2) is 26.1 Å². The summed E-state index contributed by atoms with van der Waals surface area (Å²) in [4.78, 5) is 14.7. The minimum Gasteiger partial charge on any atom is -0.497 e. The van der Waals surface area contributed by atoms with Gasteiger partial charge in [0.25, 0.3) is 5.69 Å². The lowest BCUT2D eigenvalue weighted by atomic mass is 10.1. The normalized spacial score (nSPS) is 10.3. The summed E-state index contributed by atoms with van der Waals surface area (Å²) < 4.78 is 5.25. The zero-order valence-electron chi connectivity index (χ0n) is 15.5. The smallest absolute Gasteiger partial charge is 0.269 e. The van der Waals surface area contributed by atoms with Crippen molar-refractivity contribution < 1.29 is 9.66 Å². The van der Waals surface area contributed by atoms with Crippen molar-refractivity contribution in [2.75, 3.05) is 31.0 Å². The minimum absolute atomic E-state index is 0.0661. The molecule has 0 fully saturated rings. The Balaban J connectivity index is 2.05. The molecule has 0 aliphatic rings. The largest absolute Gasteiger partial charge is 0.497 e. The van der Waals surface area contributed by atoms with E-state index in [0.717, 1.165) is 28.5 Å². The van der Waals surface area contributed by atoms with Gasteiger partial charge in [-0.05, 0) is 60.7 Å². The summed E-state index contributed by atoms with van der Waals surface area (Å²) in [5, 5.41) is 11.0. The number of nitro groups is 1. The van der Waals surface area contributed by atoms with Gasteiger partial charge in [-0.25, -0.2) is 0 Å². The number of non-ortho nitro benzene ring substituents is 1. The molecule has 0 radical (unpaired) electrons. The quantitative estimate of drug-likeness (QED) is 0.448. The van der Waals surface area contributed by atoms with Gasteiger partial charge in [-0.2, -0.15) is 0 Å². The molecule has 3 aromatic carbocycles. The number of methoxy groups -OCH3 is 1. The summed E-state index contributed by atoms with van der Waals surface area (Å²) in [6, 6.07) is 22.4. The summed E-state index contributed by atoms with van der Waals surface area (Å²) in [5.74, 6) is 0.769. The maximum Gasteiger partial charge on any atom is 0.269 e. The molecule has 0 bridgehead atoms. The van der Waals surface area contributed by atoms with Crippen molar-refractivity contribution in [3.05, 3.63) is 82.9 Å². The van der Waals surface area contributed by atoms with Crippen molar-refractivity contribution in [1.82, 2.24) is 0 Å². The highest BCUT2D eigenvalue weighted by atomic mass is 16.6. The second-order valence-electron chi connectivity index (χ2n) is 6.22. The fraction of sp³-hybridized carbons (Fsp3) is 0.143. The first kappa shape index (κ1) is 18.3. The van der Waals surface area contributed by atoms with Crippen LogP contribution in [0.2, 0.25) is 0 Å². The predicted octanol–water partition coefficient (Wildman–Crippen LogP) is 5.14. The number of anilines is 4. The number of nitro benzene ring substituents is 1. The van der Waals surface area contributed by atoms with Crippen molar-refractivity contribution in [2.45, 2.75) is 0 Å². The highest BCUT2D eigenvalue weighted by Gasteiger charge is 2.14. The van der Waals surface area contributed by atoms with E-state index >= 15 is 0 Å². The van der Waals surface area contributed by atoms with Crippen molar-refractivity contribution in [2.24, 2.45) is 0 Å². The Labute approximate surface area is 158 Å². The van der Waals surface area contributed by atoms with Crippen LogP contribution in [0.5, 0.6) is 5.75 Å². The molecule has 0 saturated heterocycles. The molecule has 6 nitrogen and oxygen atoms in total. The molecule has 0 unspecified atom stereocenters. The average Bonchev–Trinajstić information content (AvgIpc) is 2.69. The molecular formula is C21H21N3O3. The van der Waals surface area contributed by atoms with E-state index in [-0.39, 0.29) is 5.69 Å². The third-order valence-electron chi connectivity index (χ3n) is 4.27. The van der Waals surface area contributed by atoms with Crippen LogP contribution in [0.1, 0.15) is 0 Å². The second kappa shape index (κ2) is 7.78. The molecule has 138 valence electrons. The van der Waals surface area contributed by atoms with Crippen LogP contribution in [-0.2, 0) is 0 Å². The summed E-state index contributed by atoms with van der Waals surface area (Å²) in [7, 11) is 5.61. The molecule has 0 atom stereocenters. The second-order valence-corrected chi connectivity index (χ2v) is 6.22. The van der Waals surface area contributed by atoms with Crippen LogP contribution in [0.15, 0.2) is 72.8 Å². The Kier molecular flexibility index (Phi) is 5.26. The molecule has 0 spiro atoms. The van der Waals surface area contributed by atoms with E-state index in [1.165, 1.54) is 12.1 Å². The van der Waals surface area contributed by atoms with E-state index in [4.69, 9.17) is 4.74 Å². The molecule has 0 amide bonds. The van der Waals surface area contributed by atoms with E-state index in [1.807, 2.05) is 72.4 Å². The molecule has 3 rings (SSSR count). The summed E-state index contributed by atoms with van der Waals surface area (Å²) in [5.41, 5.74) is 3.89. The maximum atomic E-state index is 11.0. The molecule has 6 heteroatoms. The summed E-state index contributed by atoms with van der Waals surface area (Å²) >= 11 is 0. The van der Waals surface area contributed by atoms with Crippen LogP contribution < -0.4 is 14.5 Å².